The lowest BCUT2D eigenvalue weighted by Crippen LogP contribution is -2.29. The van der Waals surface area contributed by atoms with Crippen molar-refractivity contribution < 1.29 is 9.59 Å². The molecule has 0 aliphatic rings. The van der Waals surface area contributed by atoms with Crippen molar-refractivity contribution in [2.45, 2.75) is 20.8 Å². The maximum absolute atomic E-state index is 11.4. The van der Waals surface area contributed by atoms with Gasteiger partial charge in [-0.2, -0.15) is 5.21 Å². The molecule has 1 N–H and O–H groups in total. The molecule has 0 radical (unpaired) electrons. The summed E-state index contributed by atoms with van der Waals surface area (Å²) in [5.41, 5.74) is -0.711. The Kier molecular flexibility index (Phi) is 2.22. The second-order valence-electron chi connectivity index (χ2n) is 3.64. The molecule has 1 aromatic rings. The first kappa shape index (κ1) is 9.50. The predicted molar refractivity (Wildman–Crippen MR) is 43.0 cm³/mol. The van der Waals surface area contributed by atoms with Crippen LogP contribution in [0.25, 0.3) is 0 Å². The molecule has 0 fully saturated rings. The van der Waals surface area contributed by atoms with Crippen molar-refractivity contribution >= 4 is 11.6 Å². The largest absolute Gasteiger partial charge is 0.290 e. The Labute approximate surface area is 74.7 Å². The van der Waals surface area contributed by atoms with Gasteiger partial charge in [0.05, 0.1) is 0 Å². The number of aromatic amines is 1. The number of H-pyrrole nitrogens is 1. The molecule has 0 aromatic carbocycles. The molecule has 0 atom stereocenters. The number of aromatic nitrogens is 4. The van der Waals surface area contributed by atoms with Crippen LogP contribution >= 0.6 is 0 Å². The highest BCUT2D eigenvalue weighted by Crippen LogP contribution is 2.16. The molecule has 0 bridgehead atoms. The number of tetrazole rings is 1. The lowest BCUT2D eigenvalue weighted by atomic mass is 9.88. The van der Waals surface area contributed by atoms with Crippen molar-refractivity contribution in [3.8, 4) is 0 Å². The van der Waals surface area contributed by atoms with Crippen molar-refractivity contribution in [3.05, 3.63) is 5.82 Å². The number of nitrogens with one attached hydrogen (secondary N) is 1. The topological polar surface area (TPSA) is 88.6 Å². The zero-order valence-electron chi connectivity index (χ0n) is 7.66. The quantitative estimate of drug-likeness (QED) is 0.513. The lowest BCUT2D eigenvalue weighted by Gasteiger charge is -2.13. The van der Waals surface area contributed by atoms with Crippen LogP contribution in [-0.4, -0.2) is 32.2 Å². The average Bonchev–Trinajstić information content (AvgIpc) is 2.51. The van der Waals surface area contributed by atoms with Gasteiger partial charge >= 0.3 is 0 Å². The van der Waals surface area contributed by atoms with Gasteiger partial charge in [0.15, 0.2) is 0 Å². The van der Waals surface area contributed by atoms with E-state index in [4.69, 9.17) is 0 Å². The first-order valence-electron chi connectivity index (χ1n) is 3.75. The fourth-order valence-corrected chi connectivity index (χ4v) is 0.700. The van der Waals surface area contributed by atoms with Gasteiger partial charge in [0.1, 0.15) is 0 Å². The summed E-state index contributed by atoms with van der Waals surface area (Å²) < 4.78 is 0. The van der Waals surface area contributed by atoms with Gasteiger partial charge < -0.3 is 0 Å². The molecule has 6 heteroatoms. The molecule has 0 spiro atoms. The highest BCUT2D eigenvalue weighted by molar-refractivity contribution is 6.44. The molecular formula is C7H10N4O2. The fraction of sp³-hybridized carbons (Fsp3) is 0.571. The zero-order valence-corrected chi connectivity index (χ0v) is 7.66. The van der Waals surface area contributed by atoms with Crippen LogP contribution < -0.4 is 0 Å². The van der Waals surface area contributed by atoms with Crippen LogP contribution in [0.15, 0.2) is 0 Å². The van der Waals surface area contributed by atoms with Crippen molar-refractivity contribution in [2.24, 2.45) is 5.41 Å². The van der Waals surface area contributed by atoms with Crippen molar-refractivity contribution in [1.82, 2.24) is 20.6 Å². The van der Waals surface area contributed by atoms with E-state index in [1.54, 1.807) is 20.8 Å². The Balaban J connectivity index is 2.88. The van der Waals surface area contributed by atoms with Gasteiger partial charge in [-0.25, -0.2) is 0 Å². The summed E-state index contributed by atoms with van der Waals surface area (Å²) in [6.07, 6.45) is 0. The summed E-state index contributed by atoms with van der Waals surface area (Å²) in [5, 5.41) is 12.2. The minimum Gasteiger partial charge on any atom is -0.290 e. The van der Waals surface area contributed by atoms with Gasteiger partial charge in [-0.05, 0) is 5.21 Å². The van der Waals surface area contributed by atoms with Crippen LogP contribution in [0, 0.1) is 5.41 Å². The second-order valence-corrected chi connectivity index (χ2v) is 3.64. The molecule has 6 nitrogen and oxygen atoms in total. The first-order chi connectivity index (χ1) is 5.93. The molecule has 70 valence electrons. The monoisotopic (exact) mass is 182 g/mol. The highest BCUT2D eigenvalue weighted by atomic mass is 16.2. The summed E-state index contributed by atoms with van der Waals surface area (Å²) in [4.78, 5) is 22.7. The molecule has 0 aliphatic carbocycles. The third-order valence-corrected chi connectivity index (χ3v) is 1.44. The van der Waals surface area contributed by atoms with Crippen LogP contribution in [0.1, 0.15) is 31.4 Å². The summed E-state index contributed by atoms with van der Waals surface area (Å²) >= 11 is 0. The molecule has 0 saturated heterocycles. The molecule has 1 aromatic heterocycles. The molecular weight excluding hydrogens is 172 g/mol. The third kappa shape index (κ3) is 1.95. The van der Waals surface area contributed by atoms with E-state index in [1.807, 2.05) is 0 Å². The summed E-state index contributed by atoms with van der Waals surface area (Å²) in [5.74, 6) is -1.41. The number of rotatable bonds is 2. The van der Waals surface area contributed by atoms with E-state index in [0.29, 0.717) is 0 Å². The van der Waals surface area contributed by atoms with Gasteiger partial charge in [0.2, 0.25) is 11.6 Å². The number of Topliss-reactive ketones (excluding diaryl/α,β-unsaturated/α-hetero) is 2. The second kappa shape index (κ2) is 3.04. The van der Waals surface area contributed by atoms with E-state index in [2.05, 4.69) is 20.6 Å². The Morgan fingerprint density at radius 2 is 1.92 bits per heavy atom. The van der Waals surface area contributed by atoms with E-state index in [1.165, 1.54) is 0 Å². The van der Waals surface area contributed by atoms with Gasteiger partial charge in [-0.1, -0.05) is 20.8 Å². The van der Waals surface area contributed by atoms with E-state index >= 15 is 0 Å². The van der Waals surface area contributed by atoms with Crippen molar-refractivity contribution in [1.29, 1.82) is 0 Å². The Bertz CT molecular complexity index is 323. The number of hydrogen-bond donors (Lipinski definition) is 1. The molecule has 1 heterocycles. The third-order valence-electron chi connectivity index (χ3n) is 1.44. The summed E-state index contributed by atoms with van der Waals surface area (Å²) in [6, 6.07) is 0. The smallest absolute Gasteiger partial charge is 0.270 e. The Morgan fingerprint density at radius 1 is 1.31 bits per heavy atom. The standard InChI is InChI=1S/C7H10N4O2/c1-7(2,3)5(13)4(12)6-8-10-11-9-6/h1-3H3,(H,8,9,10,11). The molecule has 0 unspecified atom stereocenters. The molecule has 0 aliphatic heterocycles. The van der Waals surface area contributed by atoms with Crippen molar-refractivity contribution in [2.75, 3.05) is 0 Å². The Hall–Kier alpha value is -1.59. The Morgan fingerprint density at radius 3 is 2.31 bits per heavy atom. The predicted octanol–water partition coefficient (Wildman–Crippen LogP) is -0.00240. The van der Waals surface area contributed by atoms with Crippen LogP contribution in [0.3, 0.4) is 0 Å². The normalized spacial score (nSPS) is 11.3. The number of carbonyl (C=O) groups is 2. The fourth-order valence-electron chi connectivity index (χ4n) is 0.700. The minimum atomic E-state index is -0.711. The average molecular weight is 182 g/mol. The summed E-state index contributed by atoms with van der Waals surface area (Å²) in [6.45, 7) is 4.98. The van der Waals surface area contributed by atoms with Crippen LogP contribution in [-0.2, 0) is 4.79 Å². The highest BCUT2D eigenvalue weighted by Gasteiger charge is 2.31. The minimum absolute atomic E-state index is 0.181. The molecule has 0 saturated carbocycles. The molecule has 0 amide bonds. The van der Waals surface area contributed by atoms with E-state index < -0.39 is 17.0 Å². The molecule has 1 rings (SSSR count). The zero-order chi connectivity index (χ0) is 10.1. The van der Waals surface area contributed by atoms with Crippen LogP contribution in [0.5, 0.6) is 0 Å². The summed E-state index contributed by atoms with van der Waals surface area (Å²) in [7, 11) is 0. The number of hydrogen-bond acceptors (Lipinski definition) is 5. The number of carbonyl (C=O) groups excluding carboxylic acids is 2. The van der Waals surface area contributed by atoms with Gasteiger partial charge in [-0.15, -0.1) is 10.2 Å². The SMILES string of the molecule is CC(C)(C)C(=O)C(=O)c1nn[nH]n1. The van der Waals surface area contributed by atoms with Crippen LogP contribution in [0.2, 0.25) is 0 Å². The maximum Gasteiger partial charge on any atom is 0.270 e. The maximum atomic E-state index is 11.4. The van der Waals surface area contributed by atoms with Gasteiger partial charge in [0.25, 0.3) is 5.78 Å². The number of nitrogens with zero attached hydrogens (tertiary/aromatic N) is 3. The van der Waals surface area contributed by atoms with Crippen molar-refractivity contribution in [3.63, 3.8) is 0 Å². The van der Waals surface area contributed by atoms with Crippen LogP contribution in [0.4, 0.5) is 0 Å². The lowest BCUT2D eigenvalue weighted by molar-refractivity contribution is -0.121. The van der Waals surface area contributed by atoms with Gasteiger partial charge in [0, 0.05) is 5.41 Å². The van der Waals surface area contributed by atoms with E-state index in [9.17, 15) is 9.59 Å². The van der Waals surface area contributed by atoms with E-state index in [0.717, 1.165) is 0 Å². The number of ketones is 2. The molecule has 13 heavy (non-hydrogen) atoms. The van der Waals surface area contributed by atoms with E-state index in [-0.39, 0.29) is 5.82 Å². The first-order valence-corrected chi connectivity index (χ1v) is 3.75. The van der Waals surface area contributed by atoms with Gasteiger partial charge in [-0.3, -0.25) is 9.59 Å².